The van der Waals surface area contributed by atoms with Crippen molar-refractivity contribution >= 4 is 28.5 Å². The second-order valence-corrected chi connectivity index (χ2v) is 20.9. The van der Waals surface area contributed by atoms with Gasteiger partial charge in [0.1, 0.15) is 82.1 Å². The van der Waals surface area contributed by atoms with Crippen molar-refractivity contribution in [1.29, 1.82) is 0 Å². The molecule has 488 valence electrons. The zero-order valence-electron chi connectivity index (χ0n) is 46.1. The van der Waals surface area contributed by atoms with E-state index in [-0.39, 0.29) is 38.3 Å². The normalized spacial score (nSPS) is 16.1. The third-order valence-electron chi connectivity index (χ3n) is 14.1. The highest BCUT2D eigenvalue weighted by Crippen LogP contribution is 2.58. The number of alkyl halides is 6. The summed E-state index contributed by atoms with van der Waals surface area (Å²) in [5.41, 5.74) is -8.75. The van der Waals surface area contributed by atoms with E-state index in [1.54, 1.807) is 0 Å². The van der Waals surface area contributed by atoms with Crippen molar-refractivity contribution in [2.45, 2.75) is 56.0 Å². The Morgan fingerprint density at radius 1 is 0.484 bits per heavy atom. The summed E-state index contributed by atoms with van der Waals surface area (Å²) in [6.45, 7) is -1.66. The van der Waals surface area contributed by atoms with Gasteiger partial charge in [-0.2, -0.15) is 31.4 Å². The fraction of sp³-hybridized carbons (Fsp3) is 0.172. The summed E-state index contributed by atoms with van der Waals surface area (Å²) in [5.74, 6) is -18.8. The van der Waals surface area contributed by atoms with E-state index in [2.05, 4.69) is 41.0 Å². The molecule has 2 aliphatic heterocycles. The predicted molar refractivity (Wildman–Crippen MR) is 314 cm³/mol. The maximum atomic E-state index is 15.7. The Morgan fingerprint density at radius 2 is 0.860 bits per heavy atom. The number of aromatic nitrogens is 6. The number of epoxide rings is 2. The molecule has 4 aromatic heterocycles. The molecular formula is C64H51BBrF15N6O6. The molecular weight excluding hydrogens is 1320 g/mol. The first-order chi connectivity index (χ1) is 42.6. The highest BCUT2D eigenvalue weighted by molar-refractivity contribution is 9.10. The quantitative estimate of drug-likeness (QED) is 0.0537. The average Bonchev–Trinajstić information content (AvgIpc) is 1.61. The van der Waals surface area contributed by atoms with Crippen LogP contribution in [0.3, 0.4) is 0 Å². The van der Waals surface area contributed by atoms with E-state index >= 15 is 17.6 Å². The molecule has 12 nitrogen and oxygen atoms in total. The second kappa shape index (κ2) is 29.4. The smallest absolute Gasteiger partial charge is 0.423 e. The van der Waals surface area contributed by atoms with Crippen LogP contribution in [0.25, 0.3) is 22.3 Å². The maximum Gasteiger partial charge on any atom is 0.488 e. The molecule has 5 N–H and O–H groups in total. The van der Waals surface area contributed by atoms with Crippen molar-refractivity contribution in [3.8, 4) is 22.3 Å². The molecule has 2 aliphatic rings. The van der Waals surface area contributed by atoms with Gasteiger partial charge >= 0.3 is 24.9 Å². The third kappa shape index (κ3) is 15.6. The zero-order valence-corrected chi connectivity index (χ0v) is 47.6. The van der Waals surface area contributed by atoms with Crippen molar-refractivity contribution in [3.05, 3.63) is 286 Å². The Labute approximate surface area is 529 Å². The van der Waals surface area contributed by atoms with Crippen LogP contribution in [0.2, 0.25) is 0 Å². The van der Waals surface area contributed by atoms with Crippen LogP contribution in [0.15, 0.2) is 200 Å². The fourth-order valence-electron chi connectivity index (χ4n) is 9.12. The fourth-order valence-corrected chi connectivity index (χ4v) is 9.36. The number of ether oxygens (including phenoxy) is 2. The molecule has 2 saturated heterocycles. The van der Waals surface area contributed by atoms with Crippen molar-refractivity contribution in [1.82, 2.24) is 29.7 Å². The molecule has 12 rings (SSSR count). The third-order valence-corrected chi connectivity index (χ3v) is 14.6. The number of hydrogen-bond donors (Lipinski definition) is 3. The van der Waals surface area contributed by atoms with E-state index in [0.29, 0.717) is 50.4 Å². The first-order valence-electron chi connectivity index (χ1n) is 26.1. The van der Waals surface area contributed by atoms with Gasteiger partial charge in [0.2, 0.25) is 0 Å². The molecule has 0 amide bonds. The van der Waals surface area contributed by atoms with E-state index in [9.17, 15) is 53.4 Å². The molecule has 3 unspecified atom stereocenters. The molecule has 0 spiro atoms. The minimum atomic E-state index is -4.13. The minimum absolute atomic E-state index is 0. The molecule has 0 aliphatic carbocycles. The van der Waals surface area contributed by atoms with E-state index < -0.39 is 130 Å². The van der Waals surface area contributed by atoms with Crippen LogP contribution in [0.4, 0.5) is 65.9 Å². The van der Waals surface area contributed by atoms with Crippen molar-refractivity contribution < 1.29 is 96.0 Å². The first kappa shape index (κ1) is 73.2. The van der Waals surface area contributed by atoms with Gasteiger partial charge in [0.05, 0.1) is 19.8 Å². The summed E-state index contributed by atoms with van der Waals surface area (Å²) in [7, 11) is -1.51. The lowest BCUT2D eigenvalue weighted by Gasteiger charge is -2.36. The zero-order chi connectivity index (χ0) is 65.0. The number of halogens is 16. The summed E-state index contributed by atoms with van der Waals surface area (Å²) in [6, 6.07) is 30.0. The van der Waals surface area contributed by atoms with Gasteiger partial charge in [-0.3, -0.25) is 15.0 Å². The van der Waals surface area contributed by atoms with E-state index in [1.807, 2.05) is 0 Å². The lowest BCUT2D eigenvalue weighted by atomic mass is 9.80. The van der Waals surface area contributed by atoms with Gasteiger partial charge < -0.3 is 30.1 Å². The van der Waals surface area contributed by atoms with E-state index in [4.69, 9.17) is 19.5 Å². The summed E-state index contributed by atoms with van der Waals surface area (Å²) in [5, 5.41) is 31.9. The van der Waals surface area contributed by atoms with Crippen LogP contribution in [-0.4, -0.2) is 70.7 Å². The van der Waals surface area contributed by atoms with E-state index in [1.165, 1.54) is 103 Å². The van der Waals surface area contributed by atoms with Gasteiger partial charge in [-0.05, 0) is 130 Å². The molecule has 0 bridgehead atoms. The summed E-state index contributed by atoms with van der Waals surface area (Å²) in [6.07, 6.45) is 5.73. The number of hydrogen-bond acceptors (Lipinski definition) is 10. The molecule has 0 saturated carbocycles. The SMILES string of the molecule is C.C.Fc1ccc(-c2ccc(C(F)(F)C3(c4ccc(F)cc4F)CO3)nc2)cc1.Fc1ccc(C2(C(F)(F)c3ccc(Br)cn3)CO2)c(F)c1.O.OB(O)c1ccc(F)cc1.OC(Cn1cncn1)(c1ccc(F)cc1F)C(F)(F)c1ccc(-c2ccc(F)cc2)cn1. The van der Waals surface area contributed by atoms with Crippen LogP contribution < -0.4 is 5.46 Å². The van der Waals surface area contributed by atoms with Crippen molar-refractivity contribution in [2.75, 3.05) is 13.2 Å². The summed E-state index contributed by atoms with van der Waals surface area (Å²) >= 11 is 3.10. The number of nitrogens with zero attached hydrogens (tertiary/aromatic N) is 6. The highest BCUT2D eigenvalue weighted by Gasteiger charge is 2.69. The van der Waals surface area contributed by atoms with Crippen LogP contribution in [0.5, 0.6) is 0 Å². The number of benzene rings is 6. The van der Waals surface area contributed by atoms with Crippen LogP contribution in [-0.2, 0) is 50.6 Å². The number of pyridine rings is 3. The molecule has 93 heavy (non-hydrogen) atoms. The Hall–Kier alpha value is -8.84. The van der Waals surface area contributed by atoms with Gasteiger partial charge in [0.15, 0.2) is 16.8 Å². The van der Waals surface area contributed by atoms with Gasteiger partial charge in [-0.15, -0.1) is 0 Å². The highest BCUT2D eigenvalue weighted by atomic mass is 79.9. The Kier molecular flexibility index (Phi) is 23.2. The largest absolute Gasteiger partial charge is 0.488 e. The van der Waals surface area contributed by atoms with Gasteiger partial charge in [-0.1, -0.05) is 63.4 Å². The standard InChI is InChI=1S/C22H15F5N4O.C20H12F5NO.C14H8BrF4NO.C6H6BFO2.2CH4.H2O/c23-16-4-1-14(2-5-16)15-3-8-20(29-10-15)22(26,27)21(32,11-31-13-28-12-30-31)18-7-6-17(24)9-19(18)25;21-14-4-1-12(2-5-14)13-3-8-18(26-10-13)20(24,25)19(11-27-19)16-7-6-15(22)9-17(16)23;15-8-1-4-12(20-6-8)14(18,19)13(7-21-13)10-3-2-9(16)5-11(10)17;8-6-3-1-5(2-4-6)7(9)10;;;/h1-10,12-13,32H,11H2;1-10H,11H2;1-6H,7H2;1-4,9-10H;2*1H4;1H2. The Bertz CT molecular complexity index is 4090. The van der Waals surface area contributed by atoms with Crippen LogP contribution >= 0.6 is 15.9 Å². The molecule has 6 heterocycles. The lowest BCUT2D eigenvalue weighted by Crippen LogP contribution is -2.48. The Morgan fingerprint density at radius 3 is 1.22 bits per heavy atom. The lowest BCUT2D eigenvalue weighted by molar-refractivity contribution is -0.207. The summed E-state index contributed by atoms with van der Waals surface area (Å²) in [4.78, 5) is 14.9. The second-order valence-electron chi connectivity index (χ2n) is 19.9. The first-order valence-corrected chi connectivity index (χ1v) is 26.9. The van der Waals surface area contributed by atoms with Crippen LogP contribution in [0.1, 0.15) is 48.6 Å². The number of aliphatic hydroxyl groups is 1. The minimum Gasteiger partial charge on any atom is -0.423 e. The molecule has 3 atom stereocenters. The maximum absolute atomic E-state index is 15.7. The average molecular weight is 1380 g/mol. The predicted octanol–water partition coefficient (Wildman–Crippen LogP) is 13.7. The molecule has 29 heteroatoms. The summed E-state index contributed by atoms with van der Waals surface area (Å²) < 4.78 is 222. The topological polar surface area (TPSA) is 187 Å². The monoisotopic (exact) mass is 1370 g/mol. The van der Waals surface area contributed by atoms with Gasteiger partial charge in [0.25, 0.3) is 0 Å². The van der Waals surface area contributed by atoms with Gasteiger partial charge in [0, 0.05) is 69.1 Å². The molecule has 10 aromatic rings. The van der Waals surface area contributed by atoms with Crippen LogP contribution in [0, 0.1) is 52.4 Å². The molecule has 0 radical (unpaired) electrons. The molecule has 6 aromatic carbocycles. The van der Waals surface area contributed by atoms with E-state index in [0.717, 1.165) is 78.1 Å². The van der Waals surface area contributed by atoms with Gasteiger partial charge in [-0.25, -0.2) is 49.2 Å². The van der Waals surface area contributed by atoms with Crippen molar-refractivity contribution in [3.63, 3.8) is 0 Å². The van der Waals surface area contributed by atoms with Crippen molar-refractivity contribution in [2.24, 2.45) is 0 Å². The Balaban J connectivity index is 0.000000206. The number of rotatable bonds is 14. The molecule has 2 fully saturated rings.